The highest BCUT2D eigenvalue weighted by molar-refractivity contribution is 5.79. The van der Waals surface area contributed by atoms with Gasteiger partial charge >= 0.3 is 6.03 Å². The Morgan fingerprint density at radius 1 is 1.15 bits per heavy atom. The summed E-state index contributed by atoms with van der Waals surface area (Å²) < 4.78 is 13.1. The highest BCUT2D eigenvalue weighted by Crippen LogP contribution is 2.29. The summed E-state index contributed by atoms with van der Waals surface area (Å²) in [7, 11) is 0. The van der Waals surface area contributed by atoms with E-state index in [9.17, 15) is 14.0 Å². The fourth-order valence-corrected chi connectivity index (χ4v) is 4.72. The number of rotatable bonds is 3. The molecule has 3 fully saturated rings. The SMILES string of the molecule is CC(=O)N1CCC2C(C1)NC(=O)N2C1CCN(Cc2ccc(F)cc2)CC1. The van der Waals surface area contributed by atoms with Gasteiger partial charge in [-0.1, -0.05) is 12.1 Å². The zero-order chi connectivity index (χ0) is 19.0. The number of likely N-dealkylation sites (tertiary alicyclic amines) is 2. The van der Waals surface area contributed by atoms with Gasteiger partial charge in [-0.05, 0) is 37.0 Å². The maximum atomic E-state index is 13.1. The molecule has 0 saturated carbocycles. The van der Waals surface area contributed by atoms with Crippen molar-refractivity contribution in [2.45, 2.75) is 50.9 Å². The van der Waals surface area contributed by atoms with E-state index in [-0.39, 0.29) is 35.9 Å². The minimum absolute atomic E-state index is 0.0207. The molecule has 1 N–H and O–H groups in total. The normalized spacial score (nSPS) is 26.8. The third-order valence-corrected chi connectivity index (χ3v) is 6.19. The standard InChI is InChI=1S/C20H27FN4O2/c1-14(26)24-11-8-19-18(13-24)22-20(27)25(19)17-6-9-23(10-7-17)12-15-2-4-16(21)5-3-15/h2-5,17-19H,6-13H2,1H3,(H,22,27). The van der Waals surface area contributed by atoms with Crippen LogP contribution in [0.25, 0.3) is 0 Å². The van der Waals surface area contributed by atoms with Gasteiger partial charge in [0.25, 0.3) is 0 Å². The van der Waals surface area contributed by atoms with E-state index in [4.69, 9.17) is 0 Å². The van der Waals surface area contributed by atoms with Crippen LogP contribution in [0.3, 0.4) is 0 Å². The largest absolute Gasteiger partial charge is 0.341 e. The van der Waals surface area contributed by atoms with E-state index in [2.05, 4.69) is 15.1 Å². The number of carbonyl (C=O) groups is 2. The fraction of sp³-hybridized carbons (Fsp3) is 0.600. The van der Waals surface area contributed by atoms with Gasteiger partial charge in [0.2, 0.25) is 5.91 Å². The summed E-state index contributed by atoms with van der Waals surface area (Å²) in [5.74, 6) is -0.127. The van der Waals surface area contributed by atoms with Crippen LogP contribution in [0.1, 0.15) is 31.7 Å². The molecule has 146 valence electrons. The predicted molar refractivity (Wildman–Crippen MR) is 99.5 cm³/mol. The molecule has 0 bridgehead atoms. The Morgan fingerprint density at radius 2 is 1.85 bits per heavy atom. The van der Waals surface area contributed by atoms with Crippen molar-refractivity contribution < 1.29 is 14.0 Å². The number of hydrogen-bond donors (Lipinski definition) is 1. The van der Waals surface area contributed by atoms with E-state index in [1.54, 1.807) is 6.92 Å². The maximum Gasteiger partial charge on any atom is 0.318 e. The lowest BCUT2D eigenvalue weighted by Gasteiger charge is -2.42. The monoisotopic (exact) mass is 374 g/mol. The van der Waals surface area contributed by atoms with E-state index in [0.717, 1.165) is 51.0 Å². The molecule has 1 aromatic rings. The number of urea groups is 1. The lowest BCUT2D eigenvalue weighted by molar-refractivity contribution is -0.130. The zero-order valence-electron chi connectivity index (χ0n) is 15.7. The number of amides is 3. The number of benzene rings is 1. The third-order valence-electron chi connectivity index (χ3n) is 6.19. The van der Waals surface area contributed by atoms with Crippen molar-refractivity contribution in [2.75, 3.05) is 26.2 Å². The van der Waals surface area contributed by atoms with Crippen LogP contribution in [-0.4, -0.2) is 70.9 Å². The summed E-state index contributed by atoms with van der Waals surface area (Å²) in [6, 6.07) is 7.20. The van der Waals surface area contributed by atoms with Crippen molar-refractivity contribution in [3.63, 3.8) is 0 Å². The molecule has 27 heavy (non-hydrogen) atoms. The molecule has 3 aliphatic heterocycles. The van der Waals surface area contributed by atoms with E-state index >= 15 is 0 Å². The Morgan fingerprint density at radius 3 is 2.52 bits per heavy atom. The highest BCUT2D eigenvalue weighted by Gasteiger charge is 2.46. The molecule has 3 heterocycles. The number of hydrogen-bond acceptors (Lipinski definition) is 3. The summed E-state index contributed by atoms with van der Waals surface area (Å²) in [4.78, 5) is 30.5. The Hall–Kier alpha value is -2.15. The minimum atomic E-state index is -0.206. The van der Waals surface area contributed by atoms with Crippen LogP contribution in [0, 0.1) is 5.82 Å². The van der Waals surface area contributed by atoms with E-state index < -0.39 is 0 Å². The van der Waals surface area contributed by atoms with Crippen LogP contribution in [0.5, 0.6) is 0 Å². The van der Waals surface area contributed by atoms with Crippen molar-refractivity contribution >= 4 is 11.9 Å². The van der Waals surface area contributed by atoms with Crippen molar-refractivity contribution in [3.8, 4) is 0 Å². The smallest absolute Gasteiger partial charge is 0.318 e. The molecule has 2 unspecified atom stereocenters. The average molecular weight is 374 g/mol. The Labute approximate surface area is 159 Å². The first-order chi connectivity index (χ1) is 13.0. The van der Waals surface area contributed by atoms with Crippen LogP contribution in [0.15, 0.2) is 24.3 Å². The molecular formula is C20H27FN4O2. The average Bonchev–Trinajstić information content (AvgIpc) is 2.99. The molecule has 7 heteroatoms. The Balaban J connectivity index is 1.33. The van der Waals surface area contributed by atoms with Gasteiger partial charge in [0.15, 0.2) is 0 Å². The first-order valence-corrected chi connectivity index (χ1v) is 9.82. The molecule has 0 spiro atoms. The van der Waals surface area contributed by atoms with Crippen LogP contribution in [-0.2, 0) is 11.3 Å². The summed E-state index contributed by atoms with van der Waals surface area (Å²) in [6.07, 6.45) is 2.75. The van der Waals surface area contributed by atoms with Crippen molar-refractivity contribution in [3.05, 3.63) is 35.6 Å². The lowest BCUT2D eigenvalue weighted by Crippen LogP contribution is -2.55. The van der Waals surface area contributed by atoms with Gasteiger partial charge in [0, 0.05) is 45.7 Å². The third kappa shape index (κ3) is 3.78. The number of piperidine rings is 2. The van der Waals surface area contributed by atoms with Gasteiger partial charge in [-0.25, -0.2) is 9.18 Å². The zero-order valence-corrected chi connectivity index (χ0v) is 15.7. The second kappa shape index (κ2) is 7.46. The summed E-state index contributed by atoms with van der Waals surface area (Å²) in [5, 5.41) is 3.09. The fourth-order valence-electron chi connectivity index (χ4n) is 4.72. The molecule has 0 aliphatic carbocycles. The number of fused-ring (bicyclic) bond motifs is 1. The summed E-state index contributed by atoms with van der Waals surface area (Å²) in [6.45, 7) is 5.62. The van der Waals surface area contributed by atoms with E-state index in [1.165, 1.54) is 12.1 Å². The number of nitrogens with zero attached hydrogens (tertiary/aromatic N) is 3. The topological polar surface area (TPSA) is 55.9 Å². The first-order valence-electron chi connectivity index (χ1n) is 9.82. The first kappa shape index (κ1) is 18.2. The Kier molecular flexibility index (Phi) is 5.04. The molecule has 3 saturated heterocycles. The van der Waals surface area contributed by atoms with Crippen molar-refractivity contribution in [1.82, 2.24) is 20.0 Å². The number of halogens is 1. The molecule has 6 nitrogen and oxygen atoms in total. The molecular weight excluding hydrogens is 347 g/mol. The van der Waals surface area contributed by atoms with Gasteiger partial charge in [-0.3, -0.25) is 9.69 Å². The second-order valence-corrected chi connectivity index (χ2v) is 7.92. The maximum absolute atomic E-state index is 13.1. The highest BCUT2D eigenvalue weighted by atomic mass is 19.1. The minimum Gasteiger partial charge on any atom is -0.341 e. The number of carbonyl (C=O) groups excluding carboxylic acids is 2. The molecule has 0 aromatic heterocycles. The van der Waals surface area contributed by atoms with Gasteiger partial charge < -0.3 is 15.1 Å². The predicted octanol–water partition coefficient (Wildman–Crippen LogP) is 1.80. The van der Waals surface area contributed by atoms with Crippen molar-refractivity contribution in [2.24, 2.45) is 0 Å². The van der Waals surface area contributed by atoms with Crippen LogP contribution >= 0.6 is 0 Å². The summed E-state index contributed by atoms with van der Waals surface area (Å²) in [5.41, 5.74) is 1.12. The van der Waals surface area contributed by atoms with Crippen molar-refractivity contribution in [1.29, 1.82) is 0 Å². The number of nitrogens with one attached hydrogen (secondary N) is 1. The van der Waals surface area contributed by atoms with E-state index in [1.807, 2.05) is 17.0 Å². The molecule has 4 rings (SSSR count). The van der Waals surface area contributed by atoms with Gasteiger partial charge in [0.05, 0.1) is 12.1 Å². The summed E-state index contributed by atoms with van der Waals surface area (Å²) >= 11 is 0. The quantitative estimate of drug-likeness (QED) is 0.878. The lowest BCUT2D eigenvalue weighted by atomic mass is 9.95. The van der Waals surface area contributed by atoms with Crippen LogP contribution < -0.4 is 5.32 Å². The molecule has 3 amide bonds. The van der Waals surface area contributed by atoms with Crippen LogP contribution in [0.4, 0.5) is 9.18 Å². The van der Waals surface area contributed by atoms with E-state index in [0.29, 0.717) is 6.54 Å². The van der Waals surface area contributed by atoms with Crippen LogP contribution in [0.2, 0.25) is 0 Å². The molecule has 0 radical (unpaired) electrons. The molecule has 2 atom stereocenters. The van der Waals surface area contributed by atoms with Gasteiger partial charge in [0.1, 0.15) is 5.82 Å². The molecule has 1 aromatic carbocycles. The molecule has 3 aliphatic rings. The van der Waals surface area contributed by atoms with Gasteiger partial charge in [-0.15, -0.1) is 0 Å². The second-order valence-electron chi connectivity index (χ2n) is 7.92. The Bertz CT molecular complexity index is 702. The van der Waals surface area contributed by atoms with Gasteiger partial charge in [-0.2, -0.15) is 0 Å².